The number of anilines is 1. The summed E-state index contributed by atoms with van der Waals surface area (Å²) in [6, 6.07) is 10.3. The van der Waals surface area contributed by atoms with E-state index in [0.29, 0.717) is 23.5 Å². The zero-order valence-electron chi connectivity index (χ0n) is 15.4. The van der Waals surface area contributed by atoms with Crippen LogP contribution in [0.25, 0.3) is 0 Å². The number of ether oxygens (including phenoxy) is 1. The summed E-state index contributed by atoms with van der Waals surface area (Å²) in [7, 11) is 0. The SMILES string of the molecule is CCCCNC(=O)c1cc(C(=O)Nc2ccccc2OC(C)C)ccn1. The second-order valence-electron chi connectivity index (χ2n) is 6.16. The highest BCUT2D eigenvalue weighted by molar-refractivity contribution is 6.06. The van der Waals surface area contributed by atoms with Crippen molar-refractivity contribution in [1.82, 2.24) is 10.3 Å². The van der Waals surface area contributed by atoms with Gasteiger partial charge in [-0.2, -0.15) is 0 Å². The number of amides is 2. The minimum Gasteiger partial charge on any atom is -0.489 e. The minimum atomic E-state index is -0.324. The zero-order chi connectivity index (χ0) is 18.9. The molecule has 2 N–H and O–H groups in total. The molecule has 0 radical (unpaired) electrons. The molecule has 1 heterocycles. The number of benzene rings is 1. The number of rotatable bonds is 8. The van der Waals surface area contributed by atoms with Crippen LogP contribution in [0.5, 0.6) is 5.75 Å². The van der Waals surface area contributed by atoms with Gasteiger partial charge < -0.3 is 15.4 Å². The summed E-state index contributed by atoms with van der Waals surface area (Å²) < 4.78 is 5.71. The van der Waals surface area contributed by atoms with Crippen LogP contribution >= 0.6 is 0 Å². The van der Waals surface area contributed by atoms with Gasteiger partial charge in [-0.25, -0.2) is 0 Å². The van der Waals surface area contributed by atoms with E-state index in [1.165, 1.54) is 12.3 Å². The van der Waals surface area contributed by atoms with E-state index in [4.69, 9.17) is 4.74 Å². The Morgan fingerprint density at radius 2 is 1.92 bits per heavy atom. The van der Waals surface area contributed by atoms with Crippen molar-refractivity contribution < 1.29 is 14.3 Å². The molecule has 2 amide bonds. The average Bonchev–Trinajstić information content (AvgIpc) is 2.63. The Labute approximate surface area is 154 Å². The van der Waals surface area contributed by atoms with Crippen LogP contribution in [0, 0.1) is 0 Å². The fraction of sp³-hybridized carbons (Fsp3) is 0.350. The molecule has 0 atom stereocenters. The number of carbonyl (C=O) groups excluding carboxylic acids is 2. The first-order valence-corrected chi connectivity index (χ1v) is 8.82. The molecule has 2 aromatic rings. The van der Waals surface area contributed by atoms with Crippen LogP contribution < -0.4 is 15.4 Å². The highest BCUT2D eigenvalue weighted by atomic mass is 16.5. The van der Waals surface area contributed by atoms with Crippen molar-refractivity contribution in [3.63, 3.8) is 0 Å². The smallest absolute Gasteiger partial charge is 0.269 e. The number of aromatic nitrogens is 1. The van der Waals surface area contributed by atoms with E-state index < -0.39 is 0 Å². The largest absolute Gasteiger partial charge is 0.489 e. The van der Waals surface area contributed by atoms with E-state index in [9.17, 15) is 9.59 Å². The quantitative estimate of drug-likeness (QED) is 0.708. The van der Waals surface area contributed by atoms with Gasteiger partial charge >= 0.3 is 0 Å². The summed E-state index contributed by atoms with van der Waals surface area (Å²) in [4.78, 5) is 28.7. The van der Waals surface area contributed by atoms with Crippen molar-refractivity contribution in [2.75, 3.05) is 11.9 Å². The fourth-order valence-electron chi connectivity index (χ4n) is 2.29. The molecular formula is C20H25N3O3. The molecule has 6 heteroatoms. The molecular weight excluding hydrogens is 330 g/mol. The maximum Gasteiger partial charge on any atom is 0.269 e. The normalized spacial score (nSPS) is 10.5. The van der Waals surface area contributed by atoms with Gasteiger partial charge in [0.15, 0.2) is 0 Å². The first-order valence-electron chi connectivity index (χ1n) is 8.82. The van der Waals surface area contributed by atoms with Gasteiger partial charge in [-0.05, 0) is 44.5 Å². The molecule has 0 aliphatic heterocycles. The van der Waals surface area contributed by atoms with Gasteiger partial charge in [0, 0.05) is 18.3 Å². The predicted molar refractivity (Wildman–Crippen MR) is 102 cm³/mol. The third-order valence-electron chi connectivity index (χ3n) is 3.57. The second-order valence-corrected chi connectivity index (χ2v) is 6.16. The number of para-hydroxylation sites is 2. The molecule has 0 fully saturated rings. The molecule has 2 rings (SSSR count). The molecule has 1 aromatic heterocycles. The number of hydrogen-bond acceptors (Lipinski definition) is 4. The van der Waals surface area contributed by atoms with Crippen LogP contribution in [-0.2, 0) is 0 Å². The molecule has 6 nitrogen and oxygen atoms in total. The Bertz CT molecular complexity index is 759. The summed E-state index contributed by atoms with van der Waals surface area (Å²) in [5, 5.41) is 5.62. The standard InChI is InChI=1S/C20H25N3O3/c1-4-5-11-22-20(25)17-13-15(10-12-21-17)19(24)23-16-8-6-7-9-18(16)26-14(2)3/h6-10,12-14H,4-5,11H2,1-3H3,(H,22,25)(H,23,24). The predicted octanol–water partition coefficient (Wildman–Crippen LogP) is 3.65. The molecule has 138 valence electrons. The van der Waals surface area contributed by atoms with Crippen molar-refractivity contribution in [2.24, 2.45) is 0 Å². The summed E-state index contributed by atoms with van der Waals surface area (Å²) in [5.74, 6) is -0.00565. The Hall–Kier alpha value is -2.89. The summed E-state index contributed by atoms with van der Waals surface area (Å²) >= 11 is 0. The van der Waals surface area contributed by atoms with Crippen molar-refractivity contribution in [3.8, 4) is 5.75 Å². The van der Waals surface area contributed by atoms with Crippen molar-refractivity contribution in [3.05, 3.63) is 53.9 Å². The van der Waals surface area contributed by atoms with Gasteiger partial charge in [-0.1, -0.05) is 25.5 Å². The van der Waals surface area contributed by atoms with E-state index in [-0.39, 0.29) is 23.6 Å². The molecule has 0 unspecified atom stereocenters. The minimum absolute atomic E-state index is 0.00704. The molecule has 0 aliphatic rings. The van der Waals surface area contributed by atoms with Crippen LogP contribution in [0.4, 0.5) is 5.69 Å². The highest BCUT2D eigenvalue weighted by Crippen LogP contribution is 2.25. The number of nitrogens with one attached hydrogen (secondary N) is 2. The van der Waals surface area contributed by atoms with Crippen LogP contribution in [0.2, 0.25) is 0 Å². The highest BCUT2D eigenvalue weighted by Gasteiger charge is 2.14. The second kappa shape index (κ2) is 9.56. The van der Waals surface area contributed by atoms with E-state index in [1.54, 1.807) is 18.2 Å². The van der Waals surface area contributed by atoms with Crippen LogP contribution in [0.3, 0.4) is 0 Å². The first kappa shape index (κ1) is 19.4. The van der Waals surface area contributed by atoms with Crippen molar-refractivity contribution in [1.29, 1.82) is 0 Å². The van der Waals surface area contributed by atoms with Crippen LogP contribution in [-0.4, -0.2) is 29.4 Å². The van der Waals surface area contributed by atoms with E-state index in [1.807, 2.05) is 26.0 Å². The van der Waals surface area contributed by atoms with Gasteiger partial charge in [-0.15, -0.1) is 0 Å². The molecule has 1 aromatic carbocycles. The van der Waals surface area contributed by atoms with Gasteiger partial charge in [0.05, 0.1) is 11.8 Å². The van der Waals surface area contributed by atoms with Gasteiger partial charge in [0.25, 0.3) is 11.8 Å². The molecule has 0 saturated carbocycles. The number of unbranched alkanes of at least 4 members (excludes halogenated alkanes) is 1. The molecule has 0 bridgehead atoms. The third kappa shape index (κ3) is 5.58. The topological polar surface area (TPSA) is 80.3 Å². The Morgan fingerprint density at radius 3 is 2.65 bits per heavy atom. The van der Waals surface area contributed by atoms with Gasteiger partial charge in [0.2, 0.25) is 0 Å². The molecule has 0 aliphatic carbocycles. The summed E-state index contributed by atoms with van der Waals surface area (Å²) in [6.07, 6.45) is 3.35. The Kier molecular flexibility index (Phi) is 7.14. The molecule has 0 saturated heterocycles. The van der Waals surface area contributed by atoms with Crippen LogP contribution in [0.1, 0.15) is 54.5 Å². The van der Waals surface area contributed by atoms with Crippen molar-refractivity contribution >= 4 is 17.5 Å². The van der Waals surface area contributed by atoms with Crippen molar-refractivity contribution in [2.45, 2.75) is 39.7 Å². The number of carbonyl (C=O) groups is 2. The van der Waals surface area contributed by atoms with Gasteiger partial charge in [0.1, 0.15) is 11.4 Å². The maximum absolute atomic E-state index is 12.6. The van der Waals surface area contributed by atoms with Gasteiger partial charge in [-0.3, -0.25) is 14.6 Å². The Morgan fingerprint density at radius 1 is 1.15 bits per heavy atom. The molecule has 0 spiro atoms. The van der Waals surface area contributed by atoms with E-state index in [0.717, 1.165) is 12.8 Å². The number of pyridine rings is 1. The average molecular weight is 355 g/mol. The first-order chi connectivity index (χ1) is 12.5. The fourth-order valence-corrected chi connectivity index (χ4v) is 2.29. The molecule has 26 heavy (non-hydrogen) atoms. The lowest BCUT2D eigenvalue weighted by atomic mass is 10.2. The number of hydrogen-bond donors (Lipinski definition) is 2. The van der Waals surface area contributed by atoms with E-state index in [2.05, 4.69) is 22.5 Å². The summed E-state index contributed by atoms with van der Waals surface area (Å²) in [5.41, 5.74) is 1.16. The number of nitrogens with zero attached hydrogens (tertiary/aromatic N) is 1. The van der Waals surface area contributed by atoms with E-state index >= 15 is 0 Å². The van der Waals surface area contributed by atoms with Crippen LogP contribution in [0.15, 0.2) is 42.6 Å². The Balaban J connectivity index is 2.11. The zero-order valence-corrected chi connectivity index (χ0v) is 15.4. The lowest BCUT2D eigenvalue weighted by Crippen LogP contribution is -2.25. The lowest BCUT2D eigenvalue weighted by Gasteiger charge is -2.15. The monoisotopic (exact) mass is 355 g/mol. The lowest BCUT2D eigenvalue weighted by molar-refractivity contribution is 0.0948. The summed E-state index contributed by atoms with van der Waals surface area (Å²) in [6.45, 7) is 6.49. The third-order valence-corrected chi connectivity index (χ3v) is 3.57. The maximum atomic E-state index is 12.6.